The number of carbonyl (C=O) groups is 1. The van der Waals surface area contributed by atoms with Crippen LogP contribution in [-0.4, -0.2) is 36.9 Å². The molecule has 0 bridgehead atoms. The van der Waals surface area contributed by atoms with Gasteiger partial charge in [-0.3, -0.25) is 4.79 Å². The molecule has 0 saturated carbocycles. The summed E-state index contributed by atoms with van der Waals surface area (Å²) < 4.78 is 40.5. The fraction of sp³-hybridized carbons (Fsp3) is 0.316. The summed E-state index contributed by atoms with van der Waals surface area (Å²) in [5.41, 5.74) is -1.20. The number of nitrogens with one attached hydrogen (secondary N) is 2. The molecule has 2 aromatic rings. The summed E-state index contributed by atoms with van der Waals surface area (Å²) in [4.78, 5) is 12.2. The number of amides is 1. The zero-order chi connectivity index (χ0) is 20.9. The van der Waals surface area contributed by atoms with Gasteiger partial charge in [-0.15, -0.1) is 0 Å². The Balaban J connectivity index is 2.24. The van der Waals surface area contributed by atoms with Crippen molar-refractivity contribution in [2.24, 2.45) is 0 Å². The van der Waals surface area contributed by atoms with Gasteiger partial charge in [-0.1, -0.05) is 19.4 Å². The Morgan fingerprint density at radius 3 is 2.54 bits per heavy atom. The van der Waals surface area contributed by atoms with Gasteiger partial charge < -0.3 is 15.5 Å². The first-order valence-electron chi connectivity index (χ1n) is 8.65. The first-order valence-corrected chi connectivity index (χ1v) is 10.1. The average Bonchev–Trinajstić information content (AvgIpc) is 2.64. The van der Waals surface area contributed by atoms with E-state index in [1.165, 1.54) is 36.4 Å². The van der Waals surface area contributed by atoms with Gasteiger partial charge in [0.05, 0.1) is 11.5 Å². The Labute approximate surface area is 163 Å². The van der Waals surface area contributed by atoms with E-state index in [0.717, 1.165) is 6.07 Å². The molecule has 0 aliphatic rings. The lowest BCUT2D eigenvalue weighted by Crippen LogP contribution is -2.51. The first-order chi connectivity index (χ1) is 13.1. The van der Waals surface area contributed by atoms with E-state index in [1.54, 1.807) is 13.8 Å². The largest absolute Gasteiger partial charge is 0.392 e. The second-order valence-corrected chi connectivity index (χ2v) is 8.17. The minimum absolute atomic E-state index is 0.0207. The lowest BCUT2D eigenvalue weighted by atomic mass is 10.1. The Morgan fingerprint density at radius 2 is 1.93 bits per heavy atom. The van der Waals surface area contributed by atoms with Crippen molar-refractivity contribution in [1.29, 1.82) is 0 Å². The lowest BCUT2D eigenvalue weighted by Gasteiger charge is -2.26. The molecule has 0 radical (unpaired) electrons. The molecule has 0 aliphatic carbocycles. The molecule has 1 amide bonds. The van der Waals surface area contributed by atoms with Gasteiger partial charge in [-0.05, 0) is 55.3 Å². The molecular weight excluding hydrogens is 387 g/mol. The highest BCUT2D eigenvalue weighted by Gasteiger charge is 2.31. The third-order valence-electron chi connectivity index (χ3n) is 4.07. The van der Waals surface area contributed by atoms with E-state index in [0.29, 0.717) is 17.7 Å². The maximum atomic E-state index is 13.3. The van der Waals surface area contributed by atoms with Crippen LogP contribution < -0.4 is 10.0 Å². The Kier molecular flexibility index (Phi) is 6.89. The predicted octanol–water partition coefficient (Wildman–Crippen LogP) is 2.15. The Morgan fingerprint density at radius 1 is 1.21 bits per heavy atom. The van der Waals surface area contributed by atoms with Crippen LogP contribution in [0.25, 0.3) is 0 Å². The number of aliphatic hydroxyl groups excluding tert-OH is 1. The van der Waals surface area contributed by atoms with Crippen LogP contribution in [0.4, 0.5) is 10.1 Å². The van der Waals surface area contributed by atoms with Crippen LogP contribution in [-0.2, 0) is 10.0 Å². The van der Waals surface area contributed by atoms with Gasteiger partial charge >= 0.3 is 0 Å². The number of aliphatic hydroxyl groups is 2. The zero-order valence-corrected chi connectivity index (χ0v) is 16.4. The van der Waals surface area contributed by atoms with Crippen molar-refractivity contribution < 1.29 is 27.8 Å². The SMILES string of the molecule is CCC[C@](O)(CO)NS(=O)(=O)c1cccc(C(=O)Nc2ccc(F)c(C)c2)c1. The summed E-state index contributed by atoms with van der Waals surface area (Å²) in [6, 6.07) is 9.31. The molecule has 152 valence electrons. The second kappa shape index (κ2) is 8.78. The number of anilines is 1. The van der Waals surface area contributed by atoms with Crippen LogP contribution in [0.3, 0.4) is 0 Å². The van der Waals surface area contributed by atoms with Gasteiger partial charge in [0.1, 0.15) is 5.82 Å². The van der Waals surface area contributed by atoms with E-state index < -0.39 is 34.1 Å². The molecule has 0 fully saturated rings. The third kappa shape index (κ3) is 5.35. The molecule has 28 heavy (non-hydrogen) atoms. The van der Waals surface area contributed by atoms with Crippen molar-refractivity contribution >= 4 is 21.6 Å². The highest BCUT2D eigenvalue weighted by molar-refractivity contribution is 7.89. The van der Waals surface area contributed by atoms with E-state index in [9.17, 15) is 27.8 Å². The standard InChI is InChI=1S/C19H23FN2O5S/c1-3-9-19(25,12-23)22-28(26,27)16-6-4-5-14(11-16)18(24)21-15-7-8-17(20)13(2)10-15/h4-8,10-11,22-23,25H,3,9,12H2,1-2H3,(H,21,24)/t19-/m0/s1. The smallest absolute Gasteiger partial charge is 0.255 e. The average molecular weight is 410 g/mol. The number of halogens is 1. The normalized spacial score (nSPS) is 13.8. The van der Waals surface area contributed by atoms with Crippen LogP contribution in [0, 0.1) is 12.7 Å². The highest BCUT2D eigenvalue weighted by Crippen LogP contribution is 2.19. The quantitative estimate of drug-likeness (QED) is 0.498. The summed E-state index contributed by atoms with van der Waals surface area (Å²) >= 11 is 0. The van der Waals surface area contributed by atoms with E-state index in [4.69, 9.17) is 0 Å². The molecule has 2 rings (SSSR count). The Bertz CT molecular complexity index is 965. The predicted molar refractivity (Wildman–Crippen MR) is 103 cm³/mol. The summed E-state index contributed by atoms with van der Waals surface area (Å²) in [5.74, 6) is -0.977. The lowest BCUT2D eigenvalue weighted by molar-refractivity contribution is -0.0310. The number of hydrogen-bond acceptors (Lipinski definition) is 5. The third-order valence-corrected chi connectivity index (χ3v) is 5.60. The molecule has 1 atom stereocenters. The molecule has 2 aromatic carbocycles. The molecule has 0 aliphatic heterocycles. The zero-order valence-electron chi connectivity index (χ0n) is 15.6. The molecule has 0 unspecified atom stereocenters. The Hall–Kier alpha value is -2.33. The van der Waals surface area contributed by atoms with Gasteiger partial charge in [0, 0.05) is 11.3 Å². The molecule has 0 heterocycles. The first kappa shape index (κ1) is 22.0. The van der Waals surface area contributed by atoms with E-state index in [2.05, 4.69) is 10.0 Å². The molecule has 0 spiro atoms. The highest BCUT2D eigenvalue weighted by atomic mass is 32.2. The second-order valence-electron chi connectivity index (χ2n) is 6.49. The van der Waals surface area contributed by atoms with Gasteiger partial charge in [0.2, 0.25) is 10.0 Å². The van der Waals surface area contributed by atoms with E-state index in [1.807, 2.05) is 0 Å². The van der Waals surface area contributed by atoms with E-state index in [-0.39, 0.29) is 16.9 Å². The van der Waals surface area contributed by atoms with Crippen LogP contribution >= 0.6 is 0 Å². The maximum Gasteiger partial charge on any atom is 0.255 e. The van der Waals surface area contributed by atoms with Crippen LogP contribution in [0.15, 0.2) is 47.4 Å². The van der Waals surface area contributed by atoms with Gasteiger partial charge in [0.15, 0.2) is 5.72 Å². The molecule has 0 aromatic heterocycles. The summed E-state index contributed by atoms with van der Waals surface area (Å²) in [6.07, 6.45) is 0.464. The van der Waals surface area contributed by atoms with Crippen molar-refractivity contribution in [1.82, 2.24) is 4.72 Å². The molecule has 9 heteroatoms. The molecule has 4 N–H and O–H groups in total. The van der Waals surface area contributed by atoms with Crippen molar-refractivity contribution in [3.63, 3.8) is 0 Å². The number of benzene rings is 2. The minimum atomic E-state index is -4.18. The van der Waals surface area contributed by atoms with E-state index >= 15 is 0 Å². The molecule has 7 nitrogen and oxygen atoms in total. The van der Waals surface area contributed by atoms with Crippen LogP contribution in [0.5, 0.6) is 0 Å². The molecular formula is C19H23FN2O5S. The molecule has 0 saturated heterocycles. The van der Waals surface area contributed by atoms with Crippen LogP contribution in [0.2, 0.25) is 0 Å². The van der Waals surface area contributed by atoms with Crippen molar-refractivity contribution in [2.45, 2.75) is 37.3 Å². The number of rotatable bonds is 8. The minimum Gasteiger partial charge on any atom is -0.392 e. The van der Waals surface area contributed by atoms with Crippen molar-refractivity contribution in [2.75, 3.05) is 11.9 Å². The number of hydrogen-bond donors (Lipinski definition) is 4. The monoisotopic (exact) mass is 410 g/mol. The fourth-order valence-electron chi connectivity index (χ4n) is 2.62. The van der Waals surface area contributed by atoms with Crippen molar-refractivity contribution in [3.8, 4) is 0 Å². The summed E-state index contributed by atoms with van der Waals surface area (Å²) in [7, 11) is -4.18. The van der Waals surface area contributed by atoms with Crippen molar-refractivity contribution in [3.05, 3.63) is 59.4 Å². The van der Waals surface area contributed by atoms with Gasteiger partial charge in [-0.2, -0.15) is 4.72 Å². The topological polar surface area (TPSA) is 116 Å². The maximum absolute atomic E-state index is 13.3. The fourth-order valence-corrected chi connectivity index (χ4v) is 3.94. The number of aryl methyl sites for hydroxylation is 1. The van der Waals surface area contributed by atoms with Gasteiger partial charge in [0.25, 0.3) is 5.91 Å². The number of carbonyl (C=O) groups excluding carboxylic acids is 1. The summed E-state index contributed by atoms with van der Waals surface area (Å²) in [5, 5.41) is 22.1. The van der Waals surface area contributed by atoms with Gasteiger partial charge in [-0.25, -0.2) is 12.8 Å². The van der Waals surface area contributed by atoms with Crippen LogP contribution in [0.1, 0.15) is 35.7 Å². The number of sulfonamides is 1. The summed E-state index contributed by atoms with van der Waals surface area (Å²) in [6.45, 7) is 2.50.